The number of primary amides is 1. The van der Waals surface area contributed by atoms with E-state index in [-0.39, 0.29) is 73.7 Å². The SMILES string of the molecule is NC(=O)C(CCCCCC(=O)C(CCCCNC(=O)C(N)CC1=CCC=N1)NC(=O)C(N)Cc1cnc[nH]1)CC(=O)CCOCCOCCOCCOCCCC(=O)CCCCC1SC[C@H]2NC(=O)N[C@@H]12. The van der Waals surface area contributed by atoms with Crippen LogP contribution in [0.3, 0.4) is 0 Å². The van der Waals surface area contributed by atoms with Gasteiger partial charge in [-0.1, -0.05) is 25.3 Å². The molecule has 5 amide bonds. The predicted molar refractivity (Wildman–Crippen MR) is 269 cm³/mol. The summed E-state index contributed by atoms with van der Waals surface area (Å²) in [7, 11) is 0. The number of aliphatic imine (C=N–C) groups is 1. The van der Waals surface area contributed by atoms with Gasteiger partial charge in [-0.2, -0.15) is 11.8 Å². The molecule has 21 nitrogen and oxygen atoms in total. The van der Waals surface area contributed by atoms with Gasteiger partial charge in [-0.05, 0) is 51.4 Å². The number of imidazole rings is 1. The van der Waals surface area contributed by atoms with Gasteiger partial charge >= 0.3 is 6.03 Å². The number of ketones is 3. The van der Waals surface area contributed by atoms with Crippen LogP contribution in [0.15, 0.2) is 29.3 Å². The molecule has 0 aromatic carbocycles. The van der Waals surface area contributed by atoms with Crippen LogP contribution in [0.1, 0.15) is 121 Å². The number of carbonyl (C=O) groups is 7. The fourth-order valence-electron chi connectivity index (χ4n) is 8.52. The molecule has 0 bridgehead atoms. The van der Waals surface area contributed by atoms with Crippen molar-refractivity contribution in [3.63, 3.8) is 0 Å². The number of thioether (sulfide) groups is 1. The molecule has 4 heterocycles. The molecule has 4 rings (SSSR count). The Bertz CT molecular complexity index is 1850. The maximum atomic E-state index is 13.4. The minimum Gasteiger partial charge on any atom is -0.379 e. The maximum absolute atomic E-state index is 13.4. The number of hydrogen-bond acceptors (Lipinski definition) is 16. The van der Waals surface area contributed by atoms with Crippen molar-refractivity contribution in [2.45, 2.75) is 157 Å². The van der Waals surface area contributed by atoms with Gasteiger partial charge in [0.15, 0.2) is 5.78 Å². The number of fused-ring (bicyclic) bond motifs is 1. The Labute approximate surface area is 422 Å². The van der Waals surface area contributed by atoms with Gasteiger partial charge < -0.3 is 62.4 Å². The number of aromatic amines is 1. The lowest BCUT2D eigenvalue weighted by Gasteiger charge is -2.20. The first-order valence-corrected chi connectivity index (χ1v) is 26.6. The van der Waals surface area contributed by atoms with Crippen molar-refractivity contribution in [2.24, 2.45) is 28.1 Å². The van der Waals surface area contributed by atoms with Crippen molar-refractivity contribution < 1.29 is 52.5 Å². The Hall–Kier alpha value is -4.58. The predicted octanol–water partition coefficient (Wildman–Crippen LogP) is 2.24. The Morgan fingerprint density at radius 1 is 0.746 bits per heavy atom. The fourth-order valence-corrected chi connectivity index (χ4v) is 10.1. The van der Waals surface area contributed by atoms with Gasteiger partial charge in [0.25, 0.3) is 0 Å². The number of ether oxygens (including phenoxy) is 4. The molecule has 0 spiro atoms. The second-order valence-corrected chi connectivity index (χ2v) is 19.7. The second kappa shape index (κ2) is 34.7. The Kier molecular flexibility index (Phi) is 28.8. The molecule has 1 aromatic heterocycles. The number of amides is 5. The number of hydrogen-bond donors (Lipinski definition) is 8. The van der Waals surface area contributed by atoms with E-state index in [1.165, 1.54) is 6.33 Å². The summed E-state index contributed by atoms with van der Waals surface area (Å²) in [6, 6.07) is -2.00. The lowest BCUT2D eigenvalue weighted by atomic mass is 9.93. The number of carbonyl (C=O) groups excluding carboxylic acids is 7. The first-order valence-electron chi connectivity index (χ1n) is 25.5. The number of nitrogens with one attached hydrogen (secondary N) is 5. The summed E-state index contributed by atoms with van der Waals surface area (Å²) in [4.78, 5) is 98.6. The molecule has 2 saturated heterocycles. The van der Waals surface area contributed by atoms with Crippen molar-refractivity contribution in [3.05, 3.63) is 30.0 Å². The number of allylic oxidation sites excluding steroid dienone is 1. The Balaban J connectivity index is 0.964. The monoisotopic (exact) mass is 1020 g/mol. The lowest BCUT2D eigenvalue weighted by Crippen LogP contribution is -2.49. The van der Waals surface area contributed by atoms with Gasteiger partial charge in [-0.25, -0.2) is 9.78 Å². The van der Waals surface area contributed by atoms with Crippen molar-refractivity contribution >= 4 is 59.1 Å². The molecular formula is C49H80N10O11S. The highest BCUT2D eigenvalue weighted by Crippen LogP contribution is 2.33. The van der Waals surface area contributed by atoms with E-state index in [1.54, 1.807) is 12.4 Å². The number of H-pyrrole nitrogens is 1. The number of rotatable bonds is 43. The number of unbranched alkanes of at least 4 members (excludes halogenated alkanes) is 4. The van der Waals surface area contributed by atoms with Gasteiger partial charge in [-0.3, -0.25) is 33.8 Å². The highest BCUT2D eigenvalue weighted by molar-refractivity contribution is 8.00. The van der Waals surface area contributed by atoms with E-state index in [0.29, 0.717) is 134 Å². The van der Waals surface area contributed by atoms with Gasteiger partial charge in [0.2, 0.25) is 17.7 Å². The molecule has 5 unspecified atom stereocenters. The molecule has 7 atom stereocenters. The van der Waals surface area contributed by atoms with Gasteiger partial charge in [0.05, 0.1) is 82.8 Å². The first kappa shape index (κ1) is 59.0. The number of urea groups is 1. The van der Waals surface area contributed by atoms with Crippen LogP contribution in [0.25, 0.3) is 0 Å². The van der Waals surface area contributed by atoms with Crippen LogP contribution in [-0.2, 0) is 54.1 Å². The van der Waals surface area contributed by atoms with E-state index in [4.69, 9.17) is 36.1 Å². The summed E-state index contributed by atoms with van der Waals surface area (Å²) in [6.45, 7) is 3.33. The summed E-state index contributed by atoms with van der Waals surface area (Å²) in [5.74, 6) is -0.966. The van der Waals surface area contributed by atoms with Crippen molar-refractivity contribution in [3.8, 4) is 0 Å². The van der Waals surface area contributed by atoms with Crippen molar-refractivity contribution in [2.75, 3.05) is 65.2 Å². The lowest BCUT2D eigenvalue weighted by molar-refractivity contribution is -0.128. The molecule has 3 aliphatic rings. The standard InChI is InChI=1S/C49H80N10O11S/c50-39(29-35-11-8-19-54-35)47(64)55-18-7-6-14-41(57-48(65)40(51)30-36-31-53-33-56-36)43(62)15-3-1-2-10-34(46(52)63)28-38(61)17-21-68-23-25-70-27-26-69-24-22-67-20-9-13-37(60)12-4-5-16-44-45-42(32-71-44)58-49(66)59-45/h11,19,31,33-34,39-42,44-45H,1-10,12-18,20-30,32,50-51H2,(H2,52,63)(H,53,56)(H,55,64)(H,57,65)(H2,58,59,66)/t34?,39?,40?,41?,42-,44?,45-/m1/s1. The van der Waals surface area contributed by atoms with Gasteiger partial charge in [-0.15, -0.1) is 0 Å². The third-order valence-electron chi connectivity index (χ3n) is 12.6. The van der Waals surface area contributed by atoms with E-state index in [9.17, 15) is 33.6 Å². The third kappa shape index (κ3) is 24.6. The van der Waals surface area contributed by atoms with E-state index >= 15 is 0 Å². The fraction of sp³-hybridized carbons (Fsp3) is 0.735. The minimum atomic E-state index is -0.891. The summed E-state index contributed by atoms with van der Waals surface area (Å²) in [5, 5.41) is 12.1. The van der Waals surface area contributed by atoms with Crippen LogP contribution in [0.5, 0.6) is 0 Å². The molecule has 3 aliphatic heterocycles. The quantitative estimate of drug-likeness (QED) is 0.0344. The van der Waals surface area contributed by atoms with Crippen LogP contribution in [0.2, 0.25) is 0 Å². The van der Waals surface area contributed by atoms with Crippen LogP contribution < -0.4 is 38.5 Å². The summed E-state index contributed by atoms with van der Waals surface area (Å²) < 4.78 is 22.2. The Morgan fingerprint density at radius 2 is 1.44 bits per heavy atom. The molecule has 2 fully saturated rings. The largest absolute Gasteiger partial charge is 0.379 e. The summed E-state index contributed by atoms with van der Waals surface area (Å²) >= 11 is 1.90. The smallest absolute Gasteiger partial charge is 0.315 e. The number of Topliss-reactive ketones (excluding diaryl/α,β-unsaturated/α-hetero) is 3. The second-order valence-electron chi connectivity index (χ2n) is 18.4. The van der Waals surface area contributed by atoms with Crippen molar-refractivity contribution in [1.29, 1.82) is 0 Å². The third-order valence-corrected chi connectivity index (χ3v) is 14.1. The molecule has 71 heavy (non-hydrogen) atoms. The maximum Gasteiger partial charge on any atom is 0.315 e. The number of nitrogens with zero attached hydrogens (tertiary/aromatic N) is 2. The zero-order chi connectivity index (χ0) is 51.1. The molecule has 0 aliphatic carbocycles. The summed E-state index contributed by atoms with van der Waals surface area (Å²) in [6.07, 6.45) is 16.7. The molecule has 0 saturated carbocycles. The average molecular weight is 1020 g/mol. The highest BCUT2D eigenvalue weighted by atomic mass is 32.2. The van der Waals surface area contributed by atoms with Gasteiger partial charge in [0, 0.05) is 105 Å². The zero-order valence-corrected chi connectivity index (χ0v) is 42.2. The molecule has 11 N–H and O–H groups in total. The average Bonchev–Trinajstić information content (AvgIpc) is 4.19. The number of aromatic nitrogens is 2. The molecule has 22 heteroatoms. The minimum absolute atomic E-state index is 0.0164. The topological polar surface area (TPSA) is 324 Å². The van der Waals surface area contributed by atoms with Crippen LogP contribution >= 0.6 is 11.8 Å². The highest BCUT2D eigenvalue weighted by Gasteiger charge is 2.42. The van der Waals surface area contributed by atoms with Crippen LogP contribution in [0, 0.1) is 5.92 Å². The zero-order valence-electron chi connectivity index (χ0n) is 41.4. The van der Waals surface area contributed by atoms with E-state index in [2.05, 4.69) is 36.2 Å². The van der Waals surface area contributed by atoms with Crippen LogP contribution in [0.4, 0.5) is 4.79 Å². The molecule has 398 valence electrons. The molecule has 1 aromatic rings. The van der Waals surface area contributed by atoms with Crippen LogP contribution in [-0.4, -0.2) is 158 Å². The summed E-state index contributed by atoms with van der Waals surface area (Å²) in [5.41, 5.74) is 19.3. The van der Waals surface area contributed by atoms with Crippen molar-refractivity contribution in [1.82, 2.24) is 31.2 Å². The van der Waals surface area contributed by atoms with E-state index < -0.39 is 35.9 Å². The first-order chi connectivity index (χ1) is 34.4. The molecule has 0 radical (unpaired) electrons. The number of nitrogens with two attached hydrogens (primary N) is 3. The Morgan fingerprint density at radius 3 is 2.14 bits per heavy atom. The van der Waals surface area contributed by atoms with Gasteiger partial charge in [0.1, 0.15) is 11.6 Å². The van der Waals surface area contributed by atoms with E-state index in [0.717, 1.165) is 37.1 Å². The normalized spacial score (nSPS) is 18.8. The molecular weight excluding hydrogens is 937 g/mol. The van der Waals surface area contributed by atoms with E-state index in [1.807, 2.05) is 17.8 Å².